The second kappa shape index (κ2) is 6.70. The molecule has 2 heterocycles. The van der Waals surface area contributed by atoms with Gasteiger partial charge in [-0.1, -0.05) is 6.92 Å². The summed E-state index contributed by atoms with van der Waals surface area (Å²) in [7, 11) is 0. The molecule has 0 radical (unpaired) electrons. The van der Waals surface area contributed by atoms with Crippen molar-refractivity contribution in [2.45, 2.75) is 20.8 Å². The Bertz CT molecular complexity index is 442. The highest BCUT2D eigenvalue weighted by molar-refractivity contribution is 5.93. The number of amides is 1. The zero-order valence-corrected chi connectivity index (χ0v) is 12.5. The van der Waals surface area contributed by atoms with Crippen molar-refractivity contribution < 1.29 is 4.79 Å². The minimum atomic E-state index is 0.0532. The quantitative estimate of drug-likeness (QED) is 0.860. The molecule has 1 aliphatic rings. The maximum absolute atomic E-state index is 12.2. The van der Waals surface area contributed by atoms with Crippen LogP contribution in [0, 0.1) is 11.8 Å². The van der Waals surface area contributed by atoms with E-state index in [-0.39, 0.29) is 11.8 Å². The molecule has 0 bridgehead atoms. The molecule has 5 heteroatoms. The molecule has 5 nitrogen and oxygen atoms in total. The third kappa shape index (κ3) is 3.28. The van der Waals surface area contributed by atoms with Crippen molar-refractivity contribution in [1.29, 1.82) is 0 Å². The van der Waals surface area contributed by atoms with Gasteiger partial charge < -0.3 is 15.5 Å². The molecule has 0 aliphatic carbocycles. The molecule has 1 saturated heterocycles. The fraction of sp³-hybridized carbons (Fsp3) is 0.600. The molecule has 110 valence electrons. The van der Waals surface area contributed by atoms with Gasteiger partial charge in [-0.2, -0.15) is 0 Å². The molecule has 2 rings (SSSR count). The first-order valence-corrected chi connectivity index (χ1v) is 7.38. The molecule has 2 N–H and O–H groups in total. The molecule has 0 aromatic carbocycles. The normalized spacial score (nSPS) is 21.8. The van der Waals surface area contributed by atoms with Crippen LogP contribution in [-0.2, 0) is 4.79 Å². The van der Waals surface area contributed by atoms with Gasteiger partial charge in [0.1, 0.15) is 5.82 Å². The lowest BCUT2D eigenvalue weighted by atomic mass is 9.97. The zero-order valence-electron chi connectivity index (χ0n) is 12.5. The van der Waals surface area contributed by atoms with Gasteiger partial charge in [-0.25, -0.2) is 4.98 Å². The number of rotatable bonds is 5. The molecule has 2 atom stereocenters. The van der Waals surface area contributed by atoms with E-state index in [2.05, 4.69) is 41.3 Å². The van der Waals surface area contributed by atoms with Gasteiger partial charge in [0.15, 0.2) is 0 Å². The van der Waals surface area contributed by atoms with Crippen molar-refractivity contribution in [2.75, 3.05) is 36.4 Å². The average Bonchev–Trinajstić information content (AvgIpc) is 2.88. The van der Waals surface area contributed by atoms with Gasteiger partial charge in [0.2, 0.25) is 5.91 Å². The van der Waals surface area contributed by atoms with Crippen molar-refractivity contribution in [1.82, 2.24) is 10.3 Å². The second-order valence-electron chi connectivity index (χ2n) is 5.31. The van der Waals surface area contributed by atoms with E-state index in [9.17, 15) is 4.79 Å². The number of carbonyl (C=O) groups excluding carboxylic acids is 1. The molecule has 20 heavy (non-hydrogen) atoms. The van der Waals surface area contributed by atoms with Crippen LogP contribution in [-0.4, -0.2) is 37.1 Å². The van der Waals surface area contributed by atoms with E-state index in [1.54, 1.807) is 6.20 Å². The first-order valence-electron chi connectivity index (χ1n) is 7.38. The predicted molar refractivity (Wildman–Crippen MR) is 82.0 cm³/mol. The van der Waals surface area contributed by atoms with Gasteiger partial charge >= 0.3 is 0 Å². The van der Waals surface area contributed by atoms with Gasteiger partial charge in [0.25, 0.3) is 0 Å². The molecular weight excluding hydrogens is 252 g/mol. The molecule has 0 unspecified atom stereocenters. The van der Waals surface area contributed by atoms with Gasteiger partial charge in [0.05, 0.1) is 17.8 Å². The SMILES string of the molecule is CCN(CC)c1ccc(NC(=O)[C@@H]2CNC[C@H]2C)cn1. The number of nitrogens with one attached hydrogen (secondary N) is 2. The smallest absolute Gasteiger partial charge is 0.229 e. The maximum Gasteiger partial charge on any atom is 0.229 e. The van der Waals surface area contributed by atoms with Crippen LogP contribution in [0.15, 0.2) is 18.3 Å². The van der Waals surface area contributed by atoms with E-state index in [0.717, 1.165) is 37.7 Å². The summed E-state index contributed by atoms with van der Waals surface area (Å²) >= 11 is 0. The first kappa shape index (κ1) is 14.8. The Hall–Kier alpha value is -1.62. The largest absolute Gasteiger partial charge is 0.357 e. The van der Waals surface area contributed by atoms with E-state index < -0.39 is 0 Å². The summed E-state index contributed by atoms with van der Waals surface area (Å²) in [5.41, 5.74) is 0.769. The standard InChI is InChI=1S/C15H24N4O/c1-4-19(5-2)14-7-6-12(9-17-14)18-15(20)13-10-16-8-11(13)3/h6-7,9,11,13,16H,4-5,8,10H2,1-3H3,(H,18,20)/t11-,13-/m1/s1. The summed E-state index contributed by atoms with van der Waals surface area (Å²) in [6.45, 7) is 9.85. The monoisotopic (exact) mass is 276 g/mol. The van der Waals surface area contributed by atoms with Crippen molar-refractivity contribution in [3.05, 3.63) is 18.3 Å². The summed E-state index contributed by atoms with van der Waals surface area (Å²) < 4.78 is 0. The van der Waals surface area contributed by atoms with Crippen LogP contribution in [0.5, 0.6) is 0 Å². The lowest BCUT2D eigenvalue weighted by Crippen LogP contribution is -2.28. The van der Waals surface area contributed by atoms with Crippen LogP contribution in [0.3, 0.4) is 0 Å². The van der Waals surface area contributed by atoms with Crippen LogP contribution in [0.25, 0.3) is 0 Å². The number of pyridine rings is 1. The van der Waals surface area contributed by atoms with Crippen molar-refractivity contribution in [2.24, 2.45) is 11.8 Å². The molecule has 0 spiro atoms. The first-order chi connectivity index (χ1) is 9.65. The Balaban J connectivity index is 1.98. The summed E-state index contributed by atoms with van der Waals surface area (Å²) in [5, 5.41) is 6.20. The maximum atomic E-state index is 12.2. The highest BCUT2D eigenvalue weighted by Crippen LogP contribution is 2.19. The summed E-state index contributed by atoms with van der Waals surface area (Å²) in [4.78, 5) is 18.8. The van der Waals surface area contributed by atoms with Crippen molar-refractivity contribution in [3.63, 3.8) is 0 Å². The zero-order chi connectivity index (χ0) is 14.5. The molecule has 0 saturated carbocycles. The Morgan fingerprint density at radius 1 is 1.40 bits per heavy atom. The summed E-state index contributed by atoms with van der Waals surface area (Å²) in [5.74, 6) is 1.47. The number of hydrogen-bond acceptors (Lipinski definition) is 4. The fourth-order valence-electron chi connectivity index (χ4n) is 2.59. The topological polar surface area (TPSA) is 57.3 Å². The highest BCUT2D eigenvalue weighted by Gasteiger charge is 2.29. The van der Waals surface area contributed by atoms with Crippen LogP contribution >= 0.6 is 0 Å². The Morgan fingerprint density at radius 2 is 2.15 bits per heavy atom. The van der Waals surface area contributed by atoms with E-state index in [1.807, 2.05) is 12.1 Å². The molecular formula is C15H24N4O. The number of nitrogens with zero attached hydrogens (tertiary/aromatic N) is 2. The second-order valence-corrected chi connectivity index (χ2v) is 5.31. The van der Waals surface area contributed by atoms with Crippen molar-refractivity contribution >= 4 is 17.4 Å². The molecule has 1 aromatic rings. The van der Waals surface area contributed by atoms with E-state index in [4.69, 9.17) is 0 Å². The Labute approximate surface area is 120 Å². The summed E-state index contributed by atoms with van der Waals surface area (Å²) in [6, 6.07) is 3.88. The summed E-state index contributed by atoms with van der Waals surface area (Å²) in [6.07, 6.45) is 1.73. The predicted octanol–water partition coefficient (Wildman–Crippen LogP) is 1.72. The third-order valence-electron chi connectivity index (χ3n) is 3.96. The number of carbonyl (C=O) groups is 1. The van der Waals surface area contributed by atoms with E-state index in [0.29, 0.717) is 5.92 Å². The number of hydrogen-bond donors (Lipinski definition) is 2. The molecule has 1 aliphatic heterocycles. The lowest BCUT2D eigenvalue weighted by Gasteiger charge is -2.20. The molecule has 1 fully saturated rings. The van der Waals surface area contributed by atoms with Gasteiger partial charge in [-0.15, -0.1) is 0 Å². The van der Waals surface area contributed by atoms with Crippen molar-refractivity contribution in [3.8, 4) is 0 Å². The Kier molecular flexibility index (Phi) is 4.95. The van der Waals surface area contributed by atoms with Crippen LogP contribution in [0.1, 0.15) is 20.8 Å². The van der Waals surface area contributed by atoms with Crippen LogP contribution < -0.4 is 15.5 Å². The number of anilines is 2. The third-order valence-corrected chi connectivity index (χ3v) is 3.96. The highest BCUT2D eigenvalue weighted by atomic mass is 16.1. The van der Waals surface area contributed by atoms with E-state index in [1.165, 1.54) is 0 Å². The lowest BCUT2D eigenvalue weighted by molar-refractivity contribution is -0.120. The van der Waals surface area contributed by atoms with E-state index >= 15 is 0 Å². The Morgan fingerprint density at radius 3 is 2.65 bits per heavy atom. The minimum Gasteiger partial charge on any atom is -0.357 e. The number of aromatic nitrogens is 1. The van der Waals surface area contributed by atoms with Crippen LogP contribution in [0.2, 0.25) is 0 Å². The van der Waals surface area contributed by atoms with Gasteiger partial charge in [-0.3, -0.25) is 4.79 Å². The fourth-order valence-corrected chi connectivity index (χ4v) is 2.59. The molecule has 1 aromatic heterocycles. The van der Waals surface area contributed by atoms with Gasteiger partial charge in [0, 0.05) is 19.6 Å². The average molecular weight is 276 g/mol. The van der Waals surface area contributed by atoms with Gasteiger partial charge in [-0.05, 0) is 38.4 Å². The minimum absolute atomic E-state index is 0.0532. The molecule has 1 amide bonds. The van der Waals surface area contributed by atoms with Crippen LogP contribution in [0.4, 0.5) is 11.5 Å².